The zero-order chi connectivity index (χ0) is 8.85. The molecule has 0 radical (unpaired) electrons. The van der Waals surface area contributed by atoms with Crippen molar-refractivity contribution in [1.82, 2.24) is 5.32 Å². The maximum Gasteiger partial charge on any atom is 0.265 e. The summed E-state index contributed by atoms with van der Waals surface area (Å²) in [7, 11) is 0. The smallest absolute Gasteiger partial charge is 0.265 e. The summed E-state index contributed by atoms with van der Waals surface area (Å²) >= 11 is 0. The van der Waals surface area contributed by atoms with Crippen molar-refractivity contribution in [2.24, 2.45) is 4.99 Å². The maximum atomic E-state index is 11.1. The van der Waals surface area contributed by atoms with Crippen molar-refractivity contribution in [3.63, 3.8) is 0 Å². The highest BCUT2D eigenvalue weighted by Gasteiger charge is 2.04. The quantitative estimate of drug-likeness (QED) is 0.608. The van der Waals surface area contributed by atoms with Gasteiger partial charge in [0.2, 0.25) is 0 Å². The van der Waals surface area contributed by atoms with Crippen LogP contribution in [-0.2, 0) is 4.79 Å². The van der Waals surface area contributed by atoms with E-state index in [9.17, 15) is 4.79 Å². The van der Waals surface area contributed by atoms with Crippen LogP contribution in [0.2, 0.25) is 0 Å². The Bertz CT molecular complexity index is 161. The van der Waals surface area contributed by atoms with Crippen LogP contribution in [0.5, 0.6) is 0 Å². The number of aliphatic imine (C=N–C) groups is 1. The van der Waals surface area contributed by atoms with Crippen LogP contribution in [0, 0.1) is 0 Å². The highest BCUT2D eigenvalue weighted by molar-refractivity contribution is 6.37. The van der Waals surface area contributed by atoms with Crippen LogP contribution in [0.15, 0.2) is 4.99 Å². The van der Waals surface area contributed by atoms with Crippen molar-refractivity contribution < 1.29 is 4.79 Å². The van der Waals surface area contributed by atoms with Gasteiger partial charge in [-0.1, -0.05) is 0 Å². The van der Waals surface area contributed by atoms with Gasteiger partial charge in [0.05, 0.1) is 5.71 Å². The molecule has 0 heterocycles. The molecule has 0 aliphatic carbocycles. The Labute approximate surface area is 67.9 Å². The third kappa shape index (κ3) is 4.53. The van der Waals surface area contributed by atoms with Crippen LogP contribution in [0.1, 0.15) is 27.7 Å². The molecule has 0 aromatic carbocycles. The summed E-state index contributed by atoms with van der Waals surface area (Å²) in [6, 6.07) is 0.185. The fourth-order valence-corrected chi connectivity index (χ4v) is 0.676. The van der Waals surface area contributed by atoms with Gasteiger partial charge >= 0.3 is 0 Å². The molecule has 1 amide bonds. The Kier molecular flexibility index (Phi) is 4.50. The van der Waals surface area contributed by atoms with E-state index in [4.69, 9.17) is 0 Å². The molecule has 3 nitrogen and oxygen atoms in total. The summed E-state index contributed by atoms with van der Waals surface area (Å²) in [5, 5.41) is 2.76. The number of carbonyl (C=O) groups is 1. The van der Waals surface area contributed by atoms with Gasteiger partial charge < -0.3 is 5.32 Å². The lowest BCUT2D eigenvalue weighted by molar-refractivity contribution is -0.115. The first kappa shape index (κ1) is 10.1. The molecule has 0 aromatic heterocycles. The van der Waals surface area contributed by atoms with E-state index in [0.717, 1.165) is 0 Å². The molecule has 64 valence electrons. The molecule has 1 N–H and O–H groups in total. The van der Waals surface area contributed by atoms with Gasteiger partial charge in [-0.15, -0.1) is 0 Å². The average Bonchev–Trinajstić information content (AvgIpc) is 1.86. The molecule has 0 unspecified atom stereocenters. The summed E-state index contributed by atoms with van der Waals surface area (Å²) in [4.78, 5) is 15.1. The van der Waals surface area contributed by atoms with Gasteiger partial charge in [-0.25, -0.2) is 0 Å². The Balaban J connectivity index is 3.93. The summed E-state index contributed by atoms with van der Waals surface area (Å²) in [5.41, 5.74) is 0.557. The first-order valence-corrected chi connectivity index (χ1v) is 3.89. The summed E-state index contributed by atoms with van der Waals surface area (Å²) in [6.45, 7) is 8.15. The minimum absolute atomic E-state index is 0.0677. The van der Waals surface area contributed by atoms with Crippen LogP contribution >= 0.6 is 0 Å². The number of hydrogen-bond donors (Lipinski definition) is 1. The van der Waals surface area contributed by atoms with E-state index >= 15 is 0 Å². The van der Waals surface area contributed by atoms with Gasteiger partial charge in [0, 0.05) is 12.6 Å². The molecule has 0 aliphatic rings. The molecule has 0 atom stereocenters. The van der Waals surface area contributed by atoms with Gasteiger partial charge in [-0.05, 0) is 27.7 Å². The van der Waals surface area contributed by atoms with Crippen molar-refractivity contribution in [2.45, 2.75) is 33.7 Å². The molecule has 0 spiro atoms. The molecule has 11 heavy (non-hydrogen) atoms. The number of nitrogens with one attached hydrogen (secondary N) is 1. The number of nitrogens with zero attached hydrogens (tertiary/aromatic N) is 1. The Morgan fingerprint density at radius 3 is 2.45 bits per heavy atom. The number of rotatable bonds is 3. The predicted octanol–water partition coefficient (Wildman–Crippen LogP) is 0.992. The van der Waals surface area contributed by atoms with Crippen molar-refractivity contribution in [3.8, 4) is 0 Å². The first-order valence-electron chi connectivity index (χ1n) is 3.89. The Morgan fingerprint density at radius 2 is 2.09 bits per heavy atom. The largest absolute Gasteiger partial charge is 0.349 e. The lowest BCUT2D eigenvalue weighted by Gasteiger charge is -2.06. The van der Waals surface area contributed by atoms with Crippen molar-refractivity contribution in [3.05, 3.63) is 0 Å². The average molecular weight is 156 g/mol. The third-order valence-electron chi connectivity index (χ3n) is 1.14. The fourth-order valence-electron chi connectivity index (χ4n) is 0.676. The van der Waals surface area contributed by atoms with Crippen molar-refractivity contribution in [2.75, 3.05) is 6.54 Å². The minimum Gasteiger partial charge on any atom is -0.349 e. The van der Waals surface area contributed by atoms with E-state index in [2.05, 4.69) is 10.3 Å². The Hall–Kier alpha value is -0.860. The molecule has 0 aliphatic heterocycles. The Morgan fingerprint density at radius 1 is 1.55 bits per heavy atom. The normalized spacial score (nSPS) is 11.9. The third-order valence-corrected chi connectivity index (χ3v) is 1.14. The standard InChI is InChI=1S/C8H16N2O/c1-5-9-7(4)8(11)10-6(2)3/h6H,5H2,1-4H3,(H,10,11). The lowest BCUT2D eigenvalue weighted by Crippen LogP contribution is -2.34. The summed E-state index contributed by atoms with van der Waals surface area (Å²) < 4.78 is 0. The van der Waals surface area contributed by atoms with Gasteiger partial charge in [-0.3, -0.25) is 9.79 Å². The van der Waals surface area contributed by atoms with Crippen LogP contribution in [0.4, 0.5) is 0 Å². The first-order chi connectivity index (χ1) is 5.07. The predicted molar refractivity (Wildman–Crippen MR) is 46.9 cm³/mol. The molecule has 0 saturated heterocycles. The molecule has 3 heteroatoms. The van der Waals surface area contributed by atoms with Crippen LogP contribution in [0.3, 0.4) is 0 Å². The highest BCUT2D eigenvalue weighted by Crippen LogP contribution is 1.82. The van der Waals surface area contributed by atoms with Gasteiger partial charge in [0.25, 0.3) is 5.91 Å². The molecule has 0 saturated carbocycles. The summed E-state index contributed by atoms with van der Waals surface area (Å²) in [5.74, 6) is -0.0677. The maximum absolute atomic E-state index is 11.1. The minimum atomic E-state index is -0.0677. The second kappa shape index (κ2) is 4.88. The van der Waals surface area contributed by atoms with E-state index in [-0.39, 0.29) is 11.9 Å². The summed E-state index contributed by atoms with van der Waals surface area (Å²) in [6.07, 6.45) is 0. The molecular weight excluding hydrogens is 140 g/mol. The van der Waals surface area contributed by atoms with E-state index in [0.29, 0.717) is 12.3 Å². The van der Waals surface area contributed by atoms with Gasteiger partial charge in [0.1, 0.15) is 0 Å². The molecule has 0 rings (SSSR count). The number of carbonyl (C=O) groups excluding carboxylic acids is 1. The van der Waals surface area contributed by atoms with E-state index in [1.807, 2.05) is 20.8 Å². The van der Waals surface area contributed by atoms with Gasteiger partial charge in [-0.2, -0.15) is 0 Å². The molecule has 0 bridgehead atoms. The molecule has 0 aromatic rings. The lowest BCUT2D eigenvalue weighted by atomic mass is 10.3. The second-order valence-electron chi connectivity index (χ2n) is 2.69. The SMILES string of the molecule is CCN=C(C)C(=O)NC(C)C. The van der Waals surface area contributed by atoms with E-state index < -0.39 is 0 Å². The second-order valence-corrected chi connectivity index (χ2v) is 2.69. The van der Waals surface area contributed by atoms with Crippen LogP contribution in [-0.4, -0.2) is 24.2 Å². The monoisotopic (exact) mass is 156 g/mol. The number of amides is 1. The van der Waals surface area contributed by atoms with Crippen LogP contribution in [0.25, 0.3) is 0 Å². The van der Waals surface area contributed by atoms with Crippen LogP contribution < -0.4 is 5.32 Å². The number of hydrogen-bond acceptors (Lipinski definition) is 2. The molecule has 0 fully saturated rings. The topological polar surface area (TPSA) is 41.5 Å². The highest BCUT2D eigenvalue weighted by atomic mass is 16.1. The fraction of sp³-hybridized carbons (Fsp3) is 0.750. The van der Waals surface area contributed by atoms with E-state index in [1.165, 1.54) is 0 Å². The molecular formula is C8H16N2O. The zero-order valence-corrected chi connectivity index (χ0v) is 7.64. The van der Waals surface area contributed by atoms with Crippen molar-refractivity contribution >= 4 is 11.6 Å². The van der Waals surface area contributed by atoms with Crippen molar-refractivity contribution in [1.29, 1.82) is 0 Å². The van der Waals surface area contributed by atoms with E-state index in [1.54, 1.807) is 6.92 Å². The zero-order valence-electron chi connectivity index (χ0n) is 7.64. The van der Waals surface area contributed by atoms with Gasteiger partial charge in [0.15, 0.2) is 0 Å².